The molecule has 11 heteroatoms. The first kappa shape index (κ1) is 25.3. The minimum absolute atomic E-state index is 0.0996. The summed E-state index contributed by atoms with van der Waals surface area (Å²) in [5.74, 6) is -0.0120. The van der Waals surface area contributed by atoms with Gasteiger partial charge in [0.2, 0.25) is 5.72 Å². The van der Waals surface area contributed by atoms with Gasteiger partial charge in [0.15, 0.2) is 17.3 Å². The Morgan fingerprint density at radius 3 is 2.81 bits per heavy atom. The van der Waals surface area contributed by atoms with Crippen molar-refractivity contribution in [2.75, 3.05) is 25.5 Å². The molecule has 0 unspecified atom stereocenters. The van der Waals surface area contributed by atoms with Gasteiger partial charge in [-0.15, -0.1) is 0 Å². The quantitative estimate of drug-likeness (QED) is 0.511. The minimum atomic E-state index is -0.895. The van der Waals surface area contributed by atoms with Crippen LogP contribution in [0.2, 0.25) is 0 Å². The number of carbonyl (C=O) groups is 1. The Balaban J connectivity index is 1.31. The maximum Gasteiger partial charge on any atom is 0.305 e. The average molecular weight is 503 g/mol. The fourth-order valence-corrected chi connectivity index (χ4v) is 5.98. The van der Waals surface area contributed by atoms with Crippen LogP contribution in [0.3, 0.4) is 0 Å². The average Bonchev–Trinajstić information content (AvgIpc) is 3.42. The van der Waals surface area contributed by atoms with Gasteiger partial charge in [-0.25, -0.2) is 15.0 Å². The Hall–Kier alpha value is -2.34. The SMILES string of the molecule is CCOC(=O)CCC1CC(N(C[C@H]2OC[C@@]3(n4cnc5c(N)ncnc54)OC(C)(C)O[C@H]23)C(C)C)C1. The zero-order chi connectivity index (χ0) is 25.7. The highest BCUT2D eigenvalue weighted by atomic mass is 16.8. The number of fused-ring (bicyclic) bond motifs is 2. The molecule has 0 radical (unpaired) electrons. The second-order valence-electron chi connectivity index (χ2n) is 10.9. The summed E-state index contributed by atoms with van der Waals surface area (Å²) in [6.07, 6.45) is 6.13. The molecule has 1 aliphatic carbocycles. The van der Waals surface area contributed by atoms with Crippen LogP contribution >= 0.6 is 0 Å². The number of rotatable bonds is 9. The topological polar surface area (TPSA) is 127 Å². The fraction of sp³-hybridized carbons (Fsp3) is 0.760. The van der Waals surface area contributed by atoms with E-state index in [0.717, 1.165) is 25.8 Å². The molecule has 0 amide bonds. The zero-order valence-corrected chi connectivity index (χ0v) is 21.8. The molecule has 0 spiro atoms. The van der Waals surface area contributed by atoms with Crippen molar-refractivity contribution >= 4 is 23.0 Å². The van der Waals surface area contributed by atoms with Crippen LogP contribution in [0, 0.1) is 5.92 Å². The molecule has 3 aliphatic rings. The molecule has 3 atom stereocenters. The summed E-state index contributed by atoms with van der Waals surface area (Å²) in [4.78, 5) is 27.2. The molecular weight excluding hydrogens is 464 g/mol. The minimum Gasteiger partial charge on any atom is -0.466 e. The van der Waals surface area contributed by atoms with Gasteiger partial charge in [-0.2, -0.15) is 0 Å². The van der Waals surface area contributed by atoms with E-state index < -0.39 is 11.5 Å². The number of nitrogen functional groups attached to an aromatic ring is 1. The van der Waals surface area contributed by atoms with Gasteiger partial charge in [0, 0.05) is 25.0 Å². The van der Waals surface area contributed by atoms with E-state index >= 15 is 0 Å². The first-order chi connectivity index (χ1) is 17.1. The van der Waals surface area contributed by atoms with E-state index in [2.05, 4.69) is 33.7 Å². The molecule has 2 aliphatic heterocycles. The van der Waals surface area contributed by atoms with E-state index in [1.54, 1.807) is 6.33 Å². The van der Waals surface area contributed by atoms with Crippen molar-refractivity contribution < 1.29 is 23.7 Å². The van der Waals surface area contributed by atoms with Gasteiger partial charge in [-0.3, -0.25) is 14.3 Å². The number of carbonyl (C=O) groups excluding carboxylic acids is 1. The van der Waals surface area contributed by atoms with Gasteiger partial charge in [0.05, 0.1) is 19.5 Å². The third-order valence-electron chi connectivity index (χ3n) is 7.69. The number of anilines is 1. The number of aromatic nitrogens is 4. The van der Waals surface area contributed by atoms with E-state index in [-0.39, 0.29) is 18.2 Å². The van der Waals surface area contributed by atoms with Gasteiger partial charge in [-0.1, -0.05) is 0 Å². The maximum atomic E-state index is 11.7. The van der Waals surface area contributed by atoms with Crippen molar-refractivity contribution in [3.63, 3.8) is 0 Å². The van der Waals surface area contributed by atoms with Crippen LogP contribution in [0.15, 0.2) is 12.7 Å². The smallest absolute Gasteiger partial charge is 0.305 e. The molecule has 2 N–H and O–H groups in total. The maximum absolute atomic E-state index is 11.7. The van der Waals surface area contributed by atoms with E-state index in [4.69, 9.17) is 24.7 Å². The molecule has 2 aromatic rings. The summed E-state index contributed by atoms with van der Waals surface area (Å²) >= 11 is 0. The second kappa shape index (κ2) is 9.51. The standard InChI is InChI=1S/C25H38N6O5/c1-6-33-19(32)8-7-16-9-17(10-16)30(15(2)3)11-18-21-25(12-34-18,36-24(4,5)35-21)31-14-29-20-22(26)27-13-28-23(20)31/h13-18,21H,6-12H2,1-5H3,(H2,26,27,28)/t16?,17?,18-,21-,25-/m1/s1. The number of imidazole rings is 1. The van der Waals surface area contributed by atoms with Crippen LogP contribution in [-0.4, -0.2) is 80.2 Å². The number of esters is 1. The predicted octanol–water partition coefficient (Wildman–Crippen LogP) is 2.44. The third kappa shape index (κ3) is 4.46. The van der Waals surface area contributed by atoms with Gasteiger partial charge < -0.3 is 24.7 Å². The molecule has 2 saturated heterocycles. The molecule has 11 nitrogen and oxygen atoms in total. The van der Waals surface area contributed by atoms with Gasteiger partial charge in [0.1, 0.15) is 24.1 Å². The molecule has 5 rings (SSSR count). The molecular formula is C25H38N6O5. The largest absolute Gasteiger partial charge is 0.466 e. The van der Waals surface area contributed by atoms with E-state index in [1.807, 2.05) is 25.3 Å². The molecule has 0 aromatic carbocycles. The van der Waals surface area contributed by atoms with Crippen LogP contribution < -0.4 is 5.73 Å². The van der Waals surface area contributed by atoms with Crippen molar-refractivity contribution in [1.82, 2.24) is 24.4 Å². The highest BCUT2D eigenvalue weighted by molar-refractivity contribution is 5.81. The molecule has 1 saturated carbocycles. The van der Waals surface area contributed by atoms with Crippen LogP contribution in [0.1, 0.15) is 60.3 Å². The number of nitrogens with zero attached hydrogens (tertiary/aromatic N) is 5. The van der Waals surface area contributed by atoms with Crippen molar-refractivity contribution in [3.05, 3.63) is 12.7 Å². The summed E-state index contributed by atoms with van der Waals surface area (Å²) in [6.45, 7) is 11.6. The molecule has 4 heterocycles. The first-order valence-corrected chi connectivity index (χ1v) is 13.0. The molecule has 198 valence electrons. The lowest BCUT2D eigenvalue weighted by Crippen LogP contribution is -2.53. The molecule has 36 heavy (non-hydrogen) atoms. The lowest BCUT2D eigenvalue weighted by molar-refractivity contribution is -0.206. The van der Waals surface area contributed by atoms with Crippen molar-refractivity contribution in [2.24, 2.45) is 5.92 Å². The summed E-state index contributed by atoms with van der Waals surface area (Å²) in [5, 5.41) is 0. The van der Waals surface area contributed by atoms with Crippen LogP contribution in [0.25, 0.3) is 11.2 Å². The zero-order valence-electron chi connectivity index (χ0n) is 21.8. The number of ether oxygens (including phenoxy) is 4. The van der Waals surface area contributed by atoms with Crippen LogP contribution in [-0.2, 0) is 29.5 Å². The van der Waals surface area contributed by atoms with Crippen molar-refractivity contribution in [2.45, 2.75) is 96.1 Å². The Bertz CT molecular complexity index is 1100. The lowest BCUT2D eigenvalue weighted by Gasteiger charge is -2.46. The van der Waals surface area contributed by atoms with E-state index in [0.29, 0.717) is 54.6 Å². The number of hydrogen-bond donors (Lipinski definition) is 1. The summed E-state index contributed by atoms with van der Waals surface area (Å²) in [7, 11) is 0. The highest BCUT2D eigenvalue weighted by Crippen LogP contribution is 2.48. The number of nitrogens with two attached hydrogens (primary N) is 1. The Kier molecular flexibility index (Phi) is 6.69. The Morgan fingerprint density at radius 2 is 2.08 bits per heavy atom. The van der Waals surface area contributed by atoms with Crippen LogP contribution in [0.4, 0.5) is 5.82 Å². The summed E-state index contributed by atoms with van der Waals surface area (Å²) in [5.41, 5.74) is 6.28. The van der Waals surface area contributed by atoms with Crippen molar-refractivity contribution in [1.29, 1.82) is 0 Å². The second-order valence-corrected chi connectivity index (χ2v) is 10.9. The Labute approximate surface area is 211 Å². The highest BCUT2D eigenvalue weighted by Gasteiger charge is 2.63. The van der Waals surface area contributed by atoms with E-state index in [1.165, 1.54) is 6.33 Å². The number of hydrogen-bond acceptors (Lipinski definition) is 10. The van der Waals surface area contributed by atoms with E-state index in [9.17, 15) is 4.79 Å². The Morgan fingerprint density at radius 1 is 1.31 bits per heavy atom. The van der Waals surface area contributed by atoms with Gasteiger partial charge in [0.25, 0.3) is 0 Å². The van der Waals surface area contributed by atoms with Crippen molar-refractivity contribution in [3.8, 4) is 0 Å². The monoisotopic (exact) mass is 502 g/mol. The normalized spacial score (nSPS) is 31.2. The van der Waals surface area contributed by atoms with Gasteiger partial charge >= 0.3 is 5.97 Å². The molecule has 3 fully saturated rings. The fourth-order valence-electron chi connectivity index (χ4n) is 5.98. The first-order valence-electron chi connectivity index (χ1n) is 13.0. The van der Waals surface area contributed by atoms with Gasteiger partial charge in [-0.05, 0) is 59.8 Å². The molecule has 0 bridgehead atoms. The lowest BCUT2D eigenvalue weighted by atomic mass is 9.76. The predicted molar refractivity (Wildman–Crippen MR) is 132 cm³/mol. The summed E-state index contributed by atoms with van der Waals surface area (Å²) < 4.78 is 26.3. The third-order valence-corrected chi connectivity index (χ3v) is 7.69. The van der Waals surface area contributed by atoms with Crippen LogP contribution in [0.5, 0.6) is 0 Å². The summed E-state index contributed by atoms with van der Waals surface area (Å²) in [6, 6.07) is 0.796. The molecule has 2 aromatic heterocycles.